The van der Waals surface area contributed by atoms with Crippen LogP contribution in [0.4, 0.5) is 0 Å². The number of rotatable bonds is 3. The van der Waals surface area contributed by atoms with Crippen molar-refractivity contribution < 1.29 is 13.2 Å². The summed E-state index contributed by atoms with van der Waals surface area (Å²) in [6.07, 6.45) is 0. The Kier molecular flexibility index (Phi) is 4.09. The Morgan fingerprint density at radius 1 is 1.30 bits per heavy atom. The standard InChI is InChI=1S/C14H22N2O3S/c1-11-9-15-14(2,3)10-16(11)20(17,18)13-7-5-12(19-4)6-8-13/h5-8,11,15H,9-10H2,1-4H3. The largest absolute Gasteiger partial charge is 0.497 e. The fourth-order valence-corrected chi connectivity index (χ4v) is 4.12. The summed E-state index contributed by atoms with van der Waals surface area (Å²) in [6.45, 7) is 7.05. The van der Waals surface area contributed by atoms with Gasteiger partial charge in [0, 0.05) is 24.7 Å². The zero-order valence-electron chi connectivity index (χ0n) is 12.4. The van der Waals surface area contributed by atoms with Crippen molar-refractivity contribution in [3.8, 4) is 5.75 Å². The van der Waals surface area contributed by atoms with Gasteiger partial charge in [-0.15, -0.1) is 0 Å². The fraction of sp³-hybridized carbons (Fsp3) is 0.571. The van der Waals surface area contributed by atoms with E-state index in [2.05, 4.69) is 5.32 Å². The van der Waals surface area contributed by atoms with Gasteiger partial charge < -0.3 is 10.1 Å². The SMILES string of the molecule is COc1ccc(S(=O)(=O)N2CC(C)(C)NCC2C)cc1. The van der Waals surface area contributed by atoms with Crippen molar-refractivity contribution in [3.05, 3.63) is 24.3 Å². The predicted molar refractivity (Wildman–Crippen MR) is 78.4 cm³/mol. The number of nitrogens with zero attached hydrogens (tertiary/aromatic N) is 1. The van der Waals surface area contributed by atoms with E-state index in [1.54, 1.807) is 35.7 Å². The number of benzene rings is 1. The lowest BCUT2D eigenvalue weighted by Gasteiger charge is -2.42. The van der Waals surface area contributed by atoms with E-state index in [4.69, 9.17) is 4.74 Å². The molecule has 1 aliphatic rings. The van der Waals surface area contributed by atoms with Crippen LogP contribution in [-0.4, -0.2) is 44.5 Å². The quantitative estimate of drug-likeness (QED) is 0.918. The summed E-state index contributed by atoms with van der Waals surface area (Å²) >= 11 is 0. The third kappa shape index (κ3) is 2.97. The Hall–Kier alpha value is -1.11. The van der Waals surface area contributed by atoms with Crippen LogP contribution >= 0.6 is 0 Å². The molecular formula is C14H22N2O3S. The summed E-state index contributed by atoms with van der Waals surface area (Å²) in [5.41, 5.74) is -0.216. The molecule has 0 aliphatic carbocycles. The third-order valence-corrected chi connectivity index (χ3v) is 5.56. The lowest BCUT2D eigenvalue weighted by atomic mass is 10.0. The van der Waals surface area contributed by atoms with Crippen LogP contribution in [0.15, 0.2) is 29.2 Å². The van der Waals surface area contributed by atoms with E-state index in [1.165, 1.54) is 0 Å². The van der Waals surface area contributed by atoms with Crippen molar-refractivity contribution in [3.63, 3.8) is 0 Å². The first-order valence-electron chi connectivity index (χ1n) is 6.67. The summed E-state index contributed by atoms with van der Waals surface area (Å²) in [5.74, 6) is 0.651. The first-order valence-corrected chi connectivity index (χ1v) is 8.11. The number of methoxy groups -OCH3 is 1. The first-order chi connectivity index (χ1) is 9.26. The summed E-state index contributed by atoms with van der Waals surface area (Å²) in [6, 6.07) is 6.47. The average molecular weight is 298 g/mol. The molecule has 6 heteroatoms. The number of ether oxygens (including phenoxy) is 1. The third-order valence-electron chi connectivity index (χ3n) is 3.58. The Labute approximate surface area is 121 Å². The minimum absolute atomic E-state index is 0.0601. The molecule has 1 fully saturated rings. The van der Waals surface area contributed by atoms with Crippen LogP contribution in [0.1, 0.15) is 20.8 Å². The van der Waals surface area contributed by atoms with Crippen LogP contribution < -0.4 is 10.1 Å². The van der Waals surface area contributed by atoms with Crippen molar-refractivity contribution in [1.82, 2.24) is 9.62 Å². The number of hydrogen-bond donors (Lipinski definition) is 1. The fourth-order valence-electron chi connectivity index (χ4n) is 2.33. The van der Waals surface area contributed by atoms with Gasteiger partial charge in [0.05, 0.1) is 12.0 Å². The molecule has 1 aliphatic heterocycles. The molecule has 0 radical (unpaired) electrons. The average Bonchev–Trinajstić information content (AvgIpc) is 2.41. The summed E-state index contributed by atoms with van der Waals surface area (Å²) in [7, 11) is -1.91. The maximum atomic E-state index is 12.7. The molecule has 0 saturated carbocycles. The van der Waals surface area contributed by atoms with Gasteiger partial charge in [0.1, 0.15) is 5.75 Å². The molecule has 20 heavy (non-hydrogen) atoms. The second-order valence-electron chi connectivity index (χ2n) is 5.84. The molecule has 0 amide bonds. The molecule has 1 aromatic rings. The van der Waals surface area contributed by atoms with Crippen LogP contribution in [0.5, 0.6) is 5.75 Å². The molecule has 0 spiro atoms. The maximum Gasteiger partial charge on any atom is 0.243 e. The first kappa shape index (κ1) is 15.3. The van der Waals surface area contributed by atoms with Crippen molar-refractivity contribution >= 4 is 10.0 Å². The Morgan fingerprint density at radius 2 is 1.90 bits per heavy atom. The number of sulfonamides is 1. The number of piperazine rings is 1. The molecule has 1 saturated heterocycles. The van der Waals surface area contributed by atoms with E-state index in [9.17, 15) is 8.42 Å². The van der Waals surface area contributed by atoms with Crippen LogP contribution in [0.25, 0.3) is 0 Å². The van der Waals surface area contributed by atoms with Crippen LogP contribution in [0, 0.1) is 0 Å². The molecule has 1 atom stereocenters. The van der Waals surface area contributed by atoms with Gasteiger partial charge in [0.15, 0.2) is 0 Å². The normalized spacial score (nSPS) is 23.5. The molecular weight excluding hydrogens is 276 g/mol. The zero-order chi connectivity index (χ0) is 15.0. The predicted octanol–water partition coefficient (Wildman–Crippen LogP) is 1.46. The number of hydrogen-bond acceptors (Lipinski definition) is 4. The van der Waals surface area contributed by atoms with Gasteiger partial charge in [-0.2, -0.15) is 4.31 Å². The molecule has 1 N–H and O–H groups in total. The van der Waals surface area contributed by atoms with E-state index >= 15 is 0 Å². The summed E-state index contributed by atoms with van der Waals surface area (Å²) in [5, 5.41) is 3.35. The highest BCUT2D eigenvalue weighted by molar-refractivity contribution is 7.89. The van der Waals surface area contributed by atoms with E-state index in [0.29, 0.717) is 23.7 Å². The topological polar surface area (TPSA) is 58.6 Å². The summed E-state index contributed by atoms with van der Waals surface area (Å²) in [4.78, 5) is 0.308. The van der Waals surface area contributed by atoms with Gasteiger partial charge in [-0.05, 0) is 45.0 Å². The molecule has 112 valence electrons. The minimum Gasteiger partial charge on any atom is -0.497 e. The molecule has 0 aromatic heterocycles. The van der Waals surface area contributed by atoms with Crippen molar-refractivity contribution in [2.75, 3.05) is 20.2 Å². The van der Waals surface area contributed by atoms with Crippen molar-refractivity contribution in [1.29, 1.82) is 0 Å². The lowest BCUT2D eigenvalue weighted by Crippen LogP contribution is -2.61. The second-order valence-corrected chi connectivity index (χ2v) is 7.73. The van der Waals surface area contributed by atoms with Gasteiger partial charge in [-0.25, -0.2) is 8.42 Å². The van der Waals surface area contributed by atoms with Gasteiger partial charge in [-0.1, -0.05) is 0 Å². The highest BCUT2D eigenvalue weighted by Gasteiger charge is 2.37. The number of nitrogens with one attached hydrogen (secondary N) is 1. The zero-order valence-corrected chi connectivity index (χ0v) is 13.2. The van der Waals surface area contributed by atoms with Crippen LogP contribution in [-0.2, 0) is 10.0 Å². The van der Waals surface area contributed by atoms with Crippen molar-refractivity contribution in [2.24, 2.45) is 0 Å². The van der Waals surface area contributed by atoms with Gasteiger partial charge in [0.25, 0.3) is 0 Å². The van der Waals surface area contributed by atoms with Gasteiger partial charge in [0.2, 0.25) is 10.0 Å². The minimum atomic E-state index is -3.47. The van der Waals surface area contributed by atoms with Gasteiger partial charge in [-0.3, -0.25) is 0 Å². The van der Waals surface area contributed by atoms with E-state index in [0.717, 1.165) is 0 Å². The molecule has 2 rings (SSSR count). The Morgan fingerprint density at radius 3 is 2.45 bits per heavy atom. The molecule has 1 heterocycles. The smallest absolute Gasteiger partial charge is 0.243 e. The van der Waals surface area contributed by atoms with Gasteiger partial charge >= 0.3 is 0 Å². The Bertz CT molecular complexity index is 567. The van der Waals surface area contributed by atoms with Crippen LogP contribution in [0.3, 0.4) is 0 Å². The van der Waals surface area contributed by atoms with E-state index in [-0.39, 0.29) is 11.6 Å². The molecule has 1 unspecified atom stereocenters. The maximum absolute atomic E-state index is 12.7. The highest BCUT2D eigenvalue weighted by Crippen LogP contribution is 2.25. The molecule has 1 aromatic carbocycles. The molecule has 0 bridgehead atoms. The summed E-state index contributed by atoms with van der Waals surface area (Å²) < 4.78 is 32.1. The molecule has 5 nitrogen and oxygen atoms in total. The van der Waals surface area contributed by atoms with Crippen molar-refractivity contribution in [2.45, 2.75) is 37.2 Å². The monoisotopic (exact) mass is 298 g/mol. The lowest BCUT2D eigenvalue weighted by molar-refractivity contribution is 0.184. The van der Waals surface area contributed by atoms with E-state index < -0.39 is 10.0 Å². The second kappa shape index (κ2) is 5.35. The Balaban J connectivity index is 2.32. The highest BCUT2D eigenvalue weighted by atomic mass is 32.2. The van der Waals surface area contributed by atoms with E-state index in [1.807, 2.05) is 20.8 Å². The van der Waals surface area contributed by atoms with Crippen LogP contribution in [0.2, 0.25) is 0 Å².